The Hall–Kier alpha value is -1.88. The van der Waals surface area contributed by atoms with E-state index in [1.54, 1.807) is 0 Å². The van der Waals surface area contributed by atoms with Crippen molar-refractivity contribution >= 4 is 11.9 Å². The standard InChI is InChI=1S/C22H29NO4/c1-27-15-21(20(25)26)9-10-23(14-21)19(24)22(12-16-5-3-2-4-6-16)13-17-7-8-18(22)11-17/h2-6,17-18H,7-15H2,1H3,(H,25,26). The Bertz CT molecular complexity index is 720. The number of carboxylic acid groups (broad SMARTS) is 1. The summed E-state index contributed by atoms with van der Waals surface area (Å²) >= 11 is 0. The zero-order valence-electron chi connectivity index (χ0n) is 16.0. The molecular formula is C22H29NO4. The second-order valence-corrected chi connectivity index (χ2v) is 8.89. The first-order valence-corrected chi connectivity index (χ1v) is 10.0. The van der Waals surface area contributed by atoms with Crippen molar-refractivity contribution in [3.63, 3.8) is 0 Å². The molecule has 2 bridgehead atoms. The number of carbonyl (C=O) groups is 2. The van der Waals surface area contributed by atoms with Crippen LogP contribution in [0.15, 0.2) is 30.3 Å². The van der Waals surface area contributed by atoms with E-state index in [9.17, 15) is 14.7 Å². The van der Waals surface area contributed by atoms with E-state index in [0.717, 1.165) is 25.7 Å². The van der Waals surface area contributed by atoms with E-state index >= 15 is 0 Å². The summed E-state index contributed by atoms with van der Waals surface area (Å²) in [6, 6.07) is 10.3. The van der Waals surface area contributed by atoms with E-state index < -0.39 is 11.4 Å². The zero-order valence-corrected chi connectivity index (χ0v) is 16.0. The number of ether oxygens (including phenoxy) is 1. The van der Waals surface area contributed by atoms with Crippen molar-refractivity contribution < 1.29 is 19.4 Å². The highest BCUT2D eigenvalue weighted by Gasteiger charge is 2.58. The number of benzene rings is 1. The van der Waals surface area contributed by atoms with Crippen molar-refractivity contribution in [3.8, 4) is 0 Å². The molecule has 1 heterocycles. The summed E-state index contributed by atoms with van der Waals surface area (Å²) in [5, 5.41) is 9.75. The molecule has 1 saturated heterocycles. The molecule has 4 rings (SSSR count). The Morgan fingerprint density at radius 1 is 1.26 bits per heavy atom. The van der Waals surface area contributed by atoms with Gasteiger partial charge < -0.3 is 14.7 Å². The van der Waals surface area contributed by atoms with Gasteiger partial charge in [0.2, 0.25) is 5.91 Å². The van der Waals surface area contributed by atoms with Crippen LogP contribution in [0.5, 0.6) is 0 Å². The lowest BCUT2D eigenvalue weighted by molar-refractivity contribution is -0.153. The maximum atomic E-state index is 13.8. The van der Waals surface area contributed by atoms with Gasteiger partial charge in [-0.3, -0.25) is 9.59 Å². The van der Waals surface area contributed by atoms with Gasteiger partial charge in [-0.05, 0) is 49.5 Å². The molecule has 1 aliphatic heterocycles. The molecule has 0 aromatic heterocycles. The Balaban J connectivity index is 1.60. The van der Waals surface area contributed by atoms with Crippen LogP contribution in [-0.2, 0) is 20.7 Å². The maximum absolute atomic E-state index is 13.8. The number of carboxylic acids is 1. The lowest BCUT2D eigenvalue weighted by Gasteiger charge is -2.40. The van der Waals surface area contributed by atoms with Gasteiger partial charge in [0.25, 0.3) is 0 Å². The van der Waals surface area contributed by atoms with Crippen LogP contribution in [0.2, 0.25) is 0 Å². The number of carbonyl (C=O) groups excluding carboxylic acids is 1. The number of hydrogen-bond acceptors (Lipinski definition) is 3. The van der Waals surface area contributed by atoms with E-state index in [4.69, 9.17) is 4.74 Å². The molecular weight excluding hydrogens is 342 g/mol. The molecule has 2 saturated carbocycles. The highest BCUT2D eigenvalue weighted by Crippen LogP contribution is 2.58. The molecule has 5 nitrogen and oxygen atoms in total. The number of methoxy groups -OCH3 is 1. The Morgan fingerprint density at radius 3 is 2.63 bits per heavy atom. The number of aliphatic carboxylic acids is 1. The first-order valence-electron chi connectivity index (χ1n) is 10.0. The van der Waals surface area contributed by atoms with Gasteiger partial charge in [-0.15, -0.1) is 0 Å². The van der Waals surface area contributed by atoms with Crippen LogP contribution < -0.4 is 0 Å². The summed E-state index contributed by atoms with van der Waals surface area (Å²) in [4.78, 5) is 27.5. The third kappa shape index (κ3) is 3.06. The van der Waals surface area contributed by atoms with Gasteiger partial charge in [0.05, 0.1) is 12.0 Å². The monoisotopic (exact) mass is 371 g/mol. The quantitative estimate of drug-likeness (QED) is 0.835. The van der Waals surface area contributed by atoms with Crippen LogP contribution in [-0.4, -0.2) is 48.7 Å². The predicted molar refractivity (Wildman–Crippen MR) is 101 cm³/mol. The van der Waals surface area contributed by atoms with Gasteiger partial charge in [0.1, 0.15) is 5.41 Å². The molecule has 0 radical (unpaired) electrons. The molecule has 0 spiro atoms. The van der Waals surface area contributed by atoms with Crippen molar-refractivity contribution in [2.24, 2.45) is 22.7 Å². The number of likely N-dealkylation sites (tertiary alicyclic amines) is 1. The second kappa shape index (κ2) is 6.93. The number of fused-ring (bicyclic) bond motifs is 2. The summed E-state index contributed by atoms with van der Waals surface area (Å²) in [5.41, 5.74) is -0.110. The van der Waals surface area contributed by atoms with Crippen LogP contribution in [0.1, 0.15) is 37.7 Å². The van der Waals surface area contributed by atoms with E-state index in [0.29, 0.717) is 24.8 Å². The highest BCUT2D eigenvalue weighted by atomic mass is 16.5. The minimum absolute atomic E-state index is 0.157. The molecule has 1 aromatic rings. The third-order valence-electron chi connectivity index (χ3n) is 7.28. The summed E-state index contributed by atoms with van der Waals surface area (Å²) in [5.74, 6) is 0.397. The molecule has 1 aromatic carbocycles. The van der Waals surface area contributed by atoms with Crippen molar-refractivity contribution in [1.29, 1.82) is 0 Å². The van der Waals surface area contributed by atoms with Gasteiger partial charge >= 0.3 is 5.97 Å². The lowest BCUT2D eigenvalue weighted by Crippen LogP contribution is -2.49. The first-order chi connectivity index (χ1) is 13.0. The van der Waals surface area contributed by atoms with Gasteiger partial charge in [-0.25, -0.2) is 0 Å². The normalized spacial score (nSPS) is 34.9. The van der Waals surface area contributed by atoms with Crippen molar-refractivity contribution in [3.05, 3.63) is 35.9 Å². The van der Waals surface area contributed by atoms with Gasteiger partial charge in [-0.1, -0.05) is 36.8 Å². The number of nitrogens with zero attached hydrogens (tertiary/aromatic N) is 1. The molecule has 3 fully saturated rings. The second-order valence-electron chi connectivity index (χ2n) is 8.89. The average molecular weight is 371 g/mol. The molecule has 1 N–H and O–H groups in total. The average Bonchev–Trinajstić information content (AvgIpc) is 3.37. The predicted octanol–water partition coefficient (Wildman–Crippen LogP) is 2.99. The van der Waals surface area contributed by atoms with E-state index in [1.165, 1.54) is 19.1 Å². The molecule has 27 heavy (non-hydrogen) atoms. The molecule has 2 aliphatic carbocycles. The van der Waals surface area contributed by atoms with Crippen LogP contribution in [0.25, 0.3) is 0 Å². The largest absolute Gasteiger partial charge is 0.481 e. The van der Waals surface area contributed by atoms with Crippen molar-refractivity contribution in [1.82, 2.24) is 4.90 Å². The number of hydrogen-bond donors (Lipinski definition) is 1. The van der Waals surface area contributed by atoms with Crippen molar-refractivity contribution in [2.75, 3.05) is 26.8 Å². The third-order valence-corrected chi connectivity index (χ3v) is 7.28. The Kier molecular flexibility index (Phi) is 4.75. The lowest BCUT2D eigenvalue weighted by atomic mass is 9.68. The van der Waals surface area contributed by atoms with E-state index in [-0.39, 0.29) is 24.5 Å². The SMILES string of the molecule is COCC1(C(=O)O)CCN(C(=O)C2(Cc3ccccc3)CC3CCC2C3)C1. The van der Waals surface area contributed by atoms with E-state index in [2.05, 4.69) is 12.1 Å². The van der Waals surface area contributed by atoms with Gasteiger partial charge in [0, 0.05) is 20.2 Å². The summed E-state index contributed by atoms with van der Waals surface area (Å²) in [6.07, 6.45) is 5.70. The Labute approximate surface area is 160 Å². The minimum Gasteiger partial charge on any atom is -0.481 e. The van der Waals surface area contributed by atoms with Crippen LogP contribution in [0.4, 0.5) is 0 Å². The molecule has 146 valence electrons. The van der Waals surface area contributed by atoms with Gasteiger partial charge in [0.15, 0.2) is 0 Å². The fourth-order valence-electron chi connectivity index (χ4n) is 5.95. The maximum Gasteiger partial charge on any atom is 0.313 e. The zero-order chi connectivity index (χ0) is 19.1. The number of amides is 1. The fraction of sp³-hybridized carbons (Fsp3) is 0.636. The smallest absolute Gasteiger partial charge is 0.313 e. The molecule has 5 heteroatoms. The van der Waals surface area contributed by atoms with Crippen LogP contribution in [0.3, 0.4) is 0 Å². The molecule has 4 atom stereocenters. The first kappa shape index (κ1) is 18.5. The van der Waals surface area contributed by atoms with Crippen molar-refractivity contribution in [2.45, 2.75) is 38.5 Å². The molecule has 1 amide bonds. The topological polar surface area (TPSA) is 66.8 Å². The number of rotatable bonds is 6. The molecule has 3 aliphatic rings. The van der Waals surface area contributed by atoms with Gasteiger partial charge in [-0.2, -0.15) is 0 Å². The van der Waals surface area contributed by atoms with E-state index in [1.807, 2.05) is 23.1 Å². The minimum atomic E-state index is -0.962. The summed E-state index contributed by atoms with van der Waals surface area (Å²) in [7, 11) is 1.53. The van der Waals surface area contributed by atoms with Crippen LogP contribution in [0, 0.1) is 22.7 Å². The highest BCUT2D eigenvalue weighted by molar-refractivity contribution is 5.86. The van der Waals surface area contributed by atoms with Crippen LogP contribution >= 0.6 is 0 Å². The summed E-state index contributed by atoms with van der Waals surface area (Å²) in [6.45, 7) is 0.940. The molecule has 4 unspecified atom stereocenters. The fourth-order valence-corrected chi connectivity index (χ4v) is 5.95. The summed E-state index contributed by atoms with van der Waals surface area (Å²) < 4.78 is 5.20. The Morgan fingerprint density at radius 2 is 2.04 bits per heavy atom.